The smallest absolute Gasteiger partial charge is 0.337 e. The normalized spacial score (nSPS) is 11.3. The van der Waals surface area contributed by atoms with Gasteiger partial charge in [-0.15, -0.1) is 0 Å². The van der Waals surface area contributed by atoms with Crippen molar-refractivity contribution in [1.82, 2.24) is 10.6 Å². The molecule has 1 aromatic carbocycles. The maximum absolute atomic E-state index is 11.6. The Hall–Kier alpha value is -2.77. The molecular weight excluding hydrogens is 266 g/mol. The lowest BCUT2D eigenvalue weighted by Gasteiger charge is -2.14. The molecule has 5 N–H and O–H groups in total. The molecule has 0 aliphatic heterocycles. The molecule has 0 aliphatic rings. The van der Waals surface area contributed by atoms with Gasteiger partial charge in [-0.3, -0.25) is 4.79 Å². The maximum atomic E-state index is 11.6. The molecule has 8 nitrogen and oxygen atoms in total. The summed E-state index contributed by atoms with van der Waals surface area (Å²) >= 11 is 0. The van der Waals surface area contributed by atoms with Crippen LogP contribution in [0.1, 0.15) is 17.3 Å². The number of carbonyl (C=O) groups is 3. The van der Waals surface area contributed by atoms with Crippen molar-refractivity contribution in [1.29, 1.82) is 0 Å². The van der Waals surface area contributed by atoms with Gasteiger partial charge in [0.2, 0.25) is 5.91 Å². The Bertz CT molecular complexity index is 544. The van der Waals surface area contributed by atoms with Gasteiger partial charge in [0.1, 0.15) is 11.8 Å². The highest BCUT2D eigenvalue weighted by Crippen LogP contribution is 2.21. The Morgan fingerprint density at radius 2 is 1.90 bits per heavy atom. The molecule has 3 amide bonds. The number of phenols is 1. The summed E-state index contributed by atoms with van der Waals surface area (Å²) in [7, 11) is 1.43. The molecule has 8 heteroatoms. The number of carboxylic acid groups (broad SMARTS) is 1. The molecule has 0 saturated carbocycles. The van der Waals surface area contributed by atoms with Gasteiger partial charge in [0, 0.05) is 7.05 Å². The van der Waals surface area contributed by atoms with Crippen LogP contribution < -0.4 is 16.0 Å². The van der Waals surface area contributed by atoms with E-state index >= 15 is 0 Å². The Labute approximate surface area is 114 Å². The Kier molecular flexibility index (Phi) is 4.90. The molecule has 1 atom stereocenters. The fourth-order valence-electron chi connectivity index (χ4n) is 1.46. The summed E-state index contributed by atoms with van der Waals surface area (Å²) in [4.78, 5) is 33.9. The van der Waals surface area contributed by atoms with Gasteiger partial charge < -0.3 is 26.2 Å². The second-order valence-electron chi connectivity index (χ2n) is 3.97. The molecule has 1 rings (SSSR count). The monoisotopic (exact) mass is 281 g/mol. The first kappa shape index (κ1) is 15.3. The van der Waals surface area contributed by atoms with E-state index in [9.17, 15) is 19.5 Å². The van der Waals surface area contributed by atoms with E-state index in [2.05, 4.69) is 16.0 Å². The Morgan fingerprint density at radius 3 is 2.45 bits per heavy atom. The lowest BCUT2D eigenvalue weighted by molar-refractivity contribution is -0.122. The van der Waals surface area contributed by atoms with Crippen LogP contribution in [0.3, 0.4) is 0 Å². The summed E-state index contributed by atoms with van der Waals surface area (Å²) in [6.07, 6.45) is 0. The van der Waals surface area contributed by atoms with Crippen LogP contribution in [-0.2, 0) is 4.79 Å². The van der Waals surface area contributed by atoms with E-state index in [4.69, 9.17) is 5.11 Å². The van der Waals surface area contributed by atoms with Crippen LogP contribution in [0.25, 0.3) is 0 Å². The fourth-order valence-corrected chi connectivity index (χ4v) is 1.46. The van der Waals surface area contributed by atoms with Crippen molar-refractivity contribution >= 4 is 23.6 Å². The minimum Gasteiger partial charge on any atom is -0.508 e. The number of urea groups is 1. The van der Waals surface area contributed by atoms with Crippen molar-refractivity contribution in [3.05, 3.63) is 23.8 Å². The predicted octanol–water partition coefficient (Wildman–Crippen LogP) is 0.346. The van der Waals surface area contributed by atoms with Crippen molar-refractivity contribution in [3.63, 3.8) is 0 Å². The number of amides is 3. The van der Waals surface area contributed by atoms with Crippen LogP contribution in [0.2, 0.25) is 0 Å². The molecular formula is C12H15N3O5. The topological polar surface area (TPSA) is 128 Å². The van der Waals surface area contributed by atoms with Crippen LogP contribution in [0.15, 0.2) is 18.2 Å². The standard InChI is InChI=1S/C12H15N3O5/c1-6(10(17)13-2)14-12(20)15-9-4-3-7(16)5-8(9)11(18)19/h3-6,16H,1-2H3,(H,13,17)(H,18,19)(H2,14,15,20). The lowest BCUT2D eigenvalue weighted by atomic mass is 10.1. The van der Waals surface area contributed by atoms with Gasteiger partial charge in [-0.1, -0.05) is 0 Å². The van der Waals surface area contributed by atoms with Crippen molar-refractivity contribution in [2.45, 2.75) is 13.0 Å². The number of hydrogen-bond donors (Lipinski definition) is 5. The predicted molar refractivity (Wildman–Crippen MR) is 70.7 cm³/mol. The van der Waals surface area contributed by atoms with Gasteiger partial charge in [-0.25, -0.2) is 9.59 Å². The van der Waals surface area contributed by atoms with E-state index in [-0.39, 0.29) is 22.9 Å². The SMILES string of the molecule is CNC(=O)C(C)NC(=O)Nc1ccc(O)cc1C(=O)O. The van der Waals surface area contributed by atoms with Gasteiger partial charge >= 0.3 is 12.0 Å². The molecule has 0 aliphatic carbocycles. The number of phenolic OH excluding ortho intramolecular Hbond substituents is 1. The van der Waals surface area contributed by atoms with Crippen molar-refractivity contribution in [2.75, 3.05) is 12.4 Å². The molecule has 108 valence electrons. The van der Waals surface area contributed by atoms with E-state index in [1.54, 1.807) is 0 Å². The van der Waals surface area contributed by atoms with Crippen molar-refractivity contribution in [2.24, 2.45) is 0 Å². The average Bonchev–Trinajstić information content (AvgIpc) is 2.39. The Morgan fingerprint density at radius 1 is 1.25 bits per heavy atom. The first-order valence-corrected chi connectivity index (χ1v) is 5.70. The van der Waals surface area contributed by atoms with Gasteiger partial charge in [0.25, 0.3) is 0 Å². The third-order valence-electron chi connectivity index (χ3n) is 2.47. The molecule has 0 fully saturated rings. The second-order valence-corrected chi connectivity index (χ2v) is 3.97. The molecule has 0 spiro atoms. The summed E-state index contributed by atoms with van der Waals surface area (Å²) in [5.41, 5.74) is -0.246. The van der Waals surface area contributed by atoms with Crippen LogP contribution in [0.4, 0.5) is 10.5 Å². The number of benzene rings is 1. The number of carbonyl (C=O) groups excluding carboxylic acids is 2. The zero-order chi connectivity index (χ0) is 15.3. The molecule has 0 aromatic heterocycles. The third-order valence-corrected chi connectivity index (χ3v) is 2.47. The maximum Gasteiger partial charge on any atom is 0.337 e. The highest BCUT2D eigenvalue weighted by Gasteiger charge is 2.17. The summed E-state index contributed by atoms with van der Waals surface area (Å²) in [5, 5.41) is 25.2. The van der Waals surface area contributed by atoms with Gasteiger partial charge in [-0.05, 0) is 25.1 Å². The number of anilines is 1. The van der Waals surface area contributed by atoms with E-state index in [0.29, 0.717) is 0 Å². The first-order valence-electron chi connectivity index (χ1n) is 5.70. The van der Waals surface area contributed by atoms with Crippen LogP contribution >= 0.6 is 0 Å². The highest BCUT2D eigenvalue weighted by molar-refractivity contribution is 6.01. The summed E-state index contributed by atoms with van der Waals surface area (Å²) in [6.45, 7) is 1.48. The van der Waals surface area contributed by atoms with E-state index in [0.717, 1.165) is 6.07 Å². The molecule has 0 heterocycles. The van der Waals surface area contributed by atoms with E-state index in [1.165, 1.54) is 26.1 Å². The van der Waals surface area contributed by atoms with Crippen molar-refractivity contribution in [3.8, 4) is 5.75 Å². The fraction of sp³-hybridized carbons (Fsp3) is 0.250. The molecule has 0 radical (unpaired) electrons. The van der Waals surface area contributed by atoms with Crippen LogP contribution in [0.5, 0.6) is 5.75 Å². The number of aromatic carboxylic acids is 1. The summed E-state index contributed by atoms with van der Waals surface area (Å²) in [5.74, 6) is -1.91. The van der Waals surface area contributed by atoms with Crippen LogP contribution in [-0.4, -0.2) is 41.2 Å². The largest absolute Gasteiger partial charge is 0.508 e. The summed E-state index contributed by atoms with van der Waals surface area (Å²) in [6, 6.07) is 2.01. The zero-order valence-electron chi connectivity index (χ0n) is 10.9. The molecule has 1 aromatic rings. The van der Waals surface area contributed by atoms with Gasteiger partial charge in [0.05, 0.1) is 11.3 Å². The number of likely N-dealkylation sites (N-methyl/N-ethyl adjacent to an activating group) is 1. The van der Waals surface area contributed by atoms with E-state index < -0.39 is 18.0 Å². The number of carboxylic acids is 1. The number of nitrogens with one attached hydrogen (secondary N) is 3. The number of aromatic hydroxyl groups is 1. The average molecular weight is 281 g/mol. The van der Waals surface area contributed by atoms with E-state index in [1.807, 2.05) is 0 Å². The molecule has 0 saturated heterocycles. The quantitative estimate of drug-likeness (QED) is 0.509. The summed E-state index contributed by atoms with van der Waals surface area (Å²) < 4.78 is 0. The Balaban J connectivity index is 2.81. The molecule has 20 heavy (non-hydrogen) atoms. The zero-order valence-corrected chi connectivity index (χ0v) is 10.9. The minimum atomic E-state index is -1.30. The van der Waals surface area contributed by atoms with Crippen molar-refractivity contribution < 1.29 is 24.6 Å². The third kappa shape index (κ3) is 3.87. The molecule has 1 unspecified atom stereocenters. The van der Waals surface area contributed by atoms with Gasteiger partial charge in [-0.2, -0.15) is 0 Å². The number of rotatable bonds is 4. The molecule has 0 bridgehead atoms. The van der Waals surface area contributed by atoms with Crippen LogP contribution in [0, 0.1) is 0 Å². The lowest BCUT2D eigenvalue weighted by Crippen LogP contribution is -2.45. The minimum absolute atomic E-state index is 0.0110. The highest BCUT2D eigenvalue weighted by atomic mass is 16.4. The number of hydrogen-bond acceptors (Lipinski definition) is 4. The van der Waals surface area contributed by atoms with Gasteiger partial charge in [0.15, 0.2) is 0 Å². The first-order chi connectivity index (χ1) is 9.35. The second kappa shape index (κ2) is 6.41.